The average molecular weight is 1040 g/mol. The van der Waals surface area contributed by atoms with E-state index in [-0.39, 0.29) is 55.9 Å². The lowest BCUT2D eigenvalue weighted by Gasteiger charge is -2.45. The van der Waals surface area contributed by atoms with Gasteiger partial charge in [0.2, 0.25) is 23.6 Å². The van der Waals surface area contributed by atoms with Crippen LogP contribution in [0, 0.1) is 0 Å². The summed E-state index contributed by atoms with van der Waals surface area (Å²) in [7, 11) is -3.16. The van der Waals surface area contributed by atoms with Crippen LogP contribution >= 0.6 is 0 Å². The molecule has 16 heteroatoms. The van der Waals surface area contributed by atoms with Crippen molar-refractivity contribution in [3.8, 4) is 5.75 Å². The number of carbonyl (C=O) groups is 5. The van der Waals surface area contributed by atoms with Gasteiger partial charge in [0, 0.05) is 19.5 Å². The molecule has 0 spiro atoms. The van der Waals surface area contributed by atoms with Crippen LogP contribution < -0.4 is 21.0 Å². The van der Waals surface area contributed by atoms with Gasteiger partial charge < -0.3 is 29.7 Å². The molecule has 0 radical (unpaired) electrons. The second-order valence-electron chi connectivity index (χ2n) is 21.1. The quantitative estimate of drug-likeness (QED) is 0.0159. The number of phenols is 1. The third-order valence-electron chi connectivity index (χ3n) is 14.0. The van der Waals surface area contributed by atoms with Crippen LogP contribution in [0.15, 0.2) is 89.9 Å². The number of nitrogens with one attached hydrogen (secondary N) is 2. The number of aliphatic imine (C=N–C) groups is 1. The Morgan fingerprint density at radius 1 is 0.811 bits per heavy atom. The minimum absolute atomic E-state index is 0.0501. The molecule has 4 N–H and O–H groups in total. The van der Waals surface area contributed by atoms with Crippen LogP contribution in [-0.4, -0.2) is 108 Å². The molecule has 15 nitrogen and oxygen atoms in total. The minimum atomic E-state index is -3.16. The number of nitrogens with zero attached hydrogens (tertiary/aromatic N) is 3. The molecule has 0 saturated carbocycles. The SMILES string of the molecule is CCCCCCCCCCCCCCCC(=O)N(O)CCCC[C@H](NC(=O)[C@H]1COC(c2ccccc2O)=N1)C(=O)O[C@H](C)CC(=O)N[C@H]1CCCCN(O[Si](c2ccccc2)(c2ccccc2)C(C)(C)C)C1=O. The van der Waals surface area contributed by atoms with Crippen molar-refractivity contribution in [2.75, 3.05) is 19.7 Å². The number of benzene rings is 3. The summed E-state index contributed by atoms with van der Waals surface area (Å²) in [5.41, 5.74) is 0.327. The van der Waals surface area contributed by atoms with E-state index in [9.17, 15) is 34.3 Å². The Kier molecular flexibility index (Phi) is 24.6. The zero-order valence-corrected chi connectivity index (χ0v) is 45.9. The van der Waals surface area contributed by atoms with E-state index in [0.717, 1.165) is 34.7 Å². The molecular weight excluding hydrogens is 955 g/mol. The van der Waals surface area contributed by atoms with E-state index in [1.165, 1.54) is 68.9 Å². The van der Waals surface area contributed by atoms with E-state index in [2.05, 4.69) is 67.6 Å². The highest BCUT2D eigenvalue weighted by Crippen LogP contribution is 2.38. The van der Waals surface area contributed by atoms with Crippen molar-refractivity contribution in [2.45, 2.75) is 199 Å². The molecule has 1 saturated heterocycles. The molecule has 5 rings (SSSR count). The number of para-hydroxylation sites is 1. The molecule has 3 aromatic rings. The van der Waals surface area contributed by atoms with Crippen molar-refractivity contribution in [1.29, 1.82) is 0 Å². The fourth-order valence-electron chi connectivity index (χ4n) is 9.84. The van der Waals surface area contributed by atoms with Crippen molar-refractivity contribution in [1.82, 2.24) is 20.8 Å². The number of esters is 1. The largest absolute Gasteiger partial charge is 0.507 e. The molecule has 4 atom stereocenters. The number of hydrogen-bond donors (Lipinski definition) is 4. The van der Waals surface area contributed by atoms with Gasteiger partial charge in [-0.05, 0) is 79.4 Å². The standard InChI is InChI=1S/C58H85N5O10Si/c1-6-7-8-9-10-11-12-13-14-15-16-17-24-39-53(66)62(70)40-29-27-37-49(60-54(67)50-43-71-55(61-50)47-35-25-26-38-51(47)64)57(69)72-44(2)42-52(65)59-48-36-28-30-41-63(56(48)68)73-74(58(3,4)5,45-31-20-18-21-32-45)46-33-22-19-23-34-46/h18-23,25-26,31-35,38,44,48-50,64,70H,6-17,24,27-30,36-37,39-43H2,1-5H3,(H,59,65)(H,60,67)/t44-,48+,49+,50-/m1/s1. The molecule has 3 aromatic carbocycles. The van der Waals surface area contributed by atoms with Crippen molar-refractivity contribution >= 4 is 54.2 Å². The summed E-state index contributed by atoms with van der Waals surface area (Å²) in [6, 6.07) is 23.5. The maximum atomic E-state index is 14.4. The molecule has 0 aromatic heterocycles. The fourth-order valence-corrected chi connectivity index (χ4v) is 14.2. The summed E-state index contributed by atoms with van der Waals surface area (Å²) in [6.07, 6.45) is 17.1. The lowest BCUT2D eigenvalue weighted by Crippen LogP contribution is -2.69. The summed E-state index contributed by atoms with van der Waals surface area (Å²) < 4.78 is 18.6. The van der Waals surface area contributed by atoms with Gasteiger partial charge in [-0.2, -0.15) is 0 Å². The van der Waals surface area contributed by atoms with E-state index >= 15 is 0 Å². The van der Waals surface area contributed by atoms with Crippen molar-refractivity contribution in [3.05, 3.63) is 90.5 Å². The van der Waals surface area contributed by atoms with Gasteiger partial charge in [-0.15, -0.1) is 0 Å². The van der Waals surface area contributed by atoms with Crippen LogP contribution in [0.3, 0.4) is 0 Å². The van der Waals surface area contributed by atoms with E-state index in [1.807, 2.05) is 36.4 Å². The van der Waals surface area contributed by atoms with Crippen molar-refractivity contribution in [3.63, 3.8) is 0 Å². The molecule has 0 unspecified atom stereocenters. The van der Waals surface area contributed by atoms with Gasteiger partial charge in [0.25, 0.3) is 14.2 Å². The highest BCUT2D eigenvalue weighted by molar-refractivity contribution is 6.99. The number of unbranched alkanes of at least 4 members (excludes halogenated alkanes) is 13. The zero-order valence-electron chi connectivity index (χ0n) is 44.9. The van der Waals surface area contributed by atoms with Crippen LogP contribution in [-0.2, 0) is 38.0 Å². The van der Waals surface area contributed by atoms with E-state index in [0.29, 0.717) is 50.6 Å². The number of hydrogen-bond acceptors (Lipinski definition) is 11. The number of aromatic hydroxyl groups is 1. The van der Waals surface area contributed by atoms with Gasteiger partial charge in [0.05, 0.1) is 12.0 Å². The van der Waals surface area contributed by atoms with Gasteiger partial charge in [0.15, 0.2) is 6.04 Å². The molecular formula is C58H85N5O10Si. The number of phenolic OH excluding ortho intramolecular Hbond substituents is 1. The van der Waals surface area contributed by atoms with E-state index in [4.69, 9.17) is 14.0 Å². The van der Waals surface area contributed by atoms with Crippen molar-refractivity contribution < 1.29 is 48.3 Å². The first-order valence-corrected chi connectivity index (χ1v) is 29.4. The van der Waals surface area contributed by atoms with Gasteiger partial charge in [-0.1, -0.05) is 178 Å². The second kappa shape index (κ2) is 30.7. The molecule has 0 bridgehead atoms. The predicted octanol–water partition coefficient (Wildman–Crippen LogP) is 9.20. The summed E-state index contributed by atoms with van der Waals surface area (Å²) in [5.74, 6) is -2.53. The molecule has 2 aliphatic heterocycles. The first-order valence-electron chi connectivity index (χ1n) is 27.5. The van der Waals surface area contributed by atoms with Crippen LogP contribution in [0.2, 0.25) is 5.04 Å². The maximum absolute atomic E-state index is 14.4. The number of amides is 4. The van der Waals surface area contributed by atoms with E-state index in [1.54, 1.807) is 25.1 Å². The smallest absolute Gasteiger partial charge is 0.328 e. The number of carbonyl (C=O) groups excluding carboxylic acids is 5. The summed E-state index contributed by atoms with van der Waals surface area (Å²) in [4.78, 5) is 72.7. The Morgan fingerprint density at radius 3 is 1.99 bits per heavy atom. The van der Waals surface area contributed by atoms with Crippen LogP contribution in [0.1, 0.15) is 175 Å². The second-order valence-corrected chi connectivity index (χ2v) is 25.3. The molecule has 0 aliphatic carbocycles. The highest BCUT2D eigenvalue weighted by Gasteiger charge is 2.53. The summed E-state index contributed by atoms with van der Waals surface area (Å²) in [6.45, 7) is 10.5. The first-order chi connectivity index (χ1) is 35.6. The zero-order chi connectivity index (χ0) is 53.4. The van der Waals surface area contributed by atoms with Crippen LogP contribution in [0.5, 0.6) is 5.75 Å². The summed E-state index contributed by atoms with van der Waals surface area (Å²) >= 11 is 0. The number of ether oxygens (including phenoxy) is 2. The third-order valence-corrected chi connectivity index (χ3v) is 18.9. The van der Waals surface area contributed by atoms with Crippen LogP contribution in [0.4, 0.5) is 0 Å². The maximum Gasteiger partial charge on any atom is 0.328 e. The van der Waals surface area contributed by atoms with Gasteiger partial charge in [-0.3, -0.25) is 24.4 Å². The van der Waals surface area contributed by atoms with E-state index < -0.39 is 55.4 Å². The molecule has 74 heavy (non-hydrogen) atoms. The molecule has 1 fully saturated rings. The molecule has 2 heterocycles. The Bertz CT molecular complexity index is 2200. The van der Waals surface area contributed by atoms with Gasteiger partial charge in [0.1, 0.15) is 30.5 Å². The van der Waals surface area contributed by atoms with Crippen molar-refractivity contribution in [2.24, 2.45) is 4.99 Å². The average Bonchev–Trinajstić information content (AvgIpc) is 3.82. The normalized spacial score (nSPS) is 16.9. The molecule has 2 aliphatic rings. The number of rotatable bonds is 31. The summed E-state index contributed by atoms with van der Waals surface area (Å²) in [5, 5.41) is 30.4. The fraction of sp³-hybridized carbons (Fsp3) is 0.586. The lowest BCUT2D eigenvalue weighted by molar-refractivity contribution is -0.165. The highest BCUT2D eigenvalue weighted by atomic mass is 28.4. The van der Waals surface area contributed by atoms with Gasteiger partial charge >= 0.3 is 5.97 Å². The van der Waals surface area contributed by atoms with Gasteiger partial charge in [-0.25, -0.2) is 19.9 Å². The molecule has 406 valence electrons. The Hall–Kier alpha value is -5.58. The predicted molar refractivity (Wildman–Crippen MR) is 290 cm³/mol. The first kappa shape index (κ1) is 59.3. The Labute approximate surface area is 441 Å². The topological polar surface area (TPSA) is 196 Å². The minimum Gasteiger partial charge on any atom is -0.507 e. The third kappa shape index (κ3) is 18.1. The molecule has 4 amide bonds. The van der Waals surface area contributed by atoms with Crippen LogP contribution in [0.25, 0.3) is 0 Å². The lowest BCUT2D eigenvalue weighted by atomic mass is 10.0. The Morgan fingerprint density at radius 2 is 1.39 bits per heavy atom. The monoisotopic (exact) mass is 1040 g/mol. The Balaban J connectivity index is 1.14. The number of hydroxylamine groups is 4.